The van der Waals surface area contributed by atoms with Crippen molar-refractivity contribution < 1.29 is 9.21 Å². The Morgan fingerprint density at radius 3 is 2.67 bits per heavy atom. The van der Waals surface area contributed by atoms with Gasteiger partial charge in [-0.15, -0.1) is 10.2 Å². The van der Waals surface area contributed by atoms with Gasteiger partial charge in [0.05, 0.1) is 11.6 Å². The van der Waals surface area contributed by atoms with E-state index < -0.39 is 0 Å². The standard InChI is InChI=1S/C18H24N4O2/c1-10(2)17-20-19-16-8-13-5-6-14(9-21(16)17)22(13)18(23)15-7-11(3)24-12(15)4/h7,10,13-14H,5-6,8-9H2,1-4H3. The number of fused-ring (bicyclic) bond motifs is 3. The van der Waals surface area contributed by atoms with Gasteiger partial charge in [0.25, 0.3) is 5.91 Å². The minimum atomic E-state index is 0.0988. The topological polar surface area (TPSA) is 64.2 Å². The highest BCUT2D eigenvalue weighted by Crippen LogP contribution is 2.34. The fourth-order valence-corrected chi connectivity index (χ4v) is 4.20. The first-order valence-electron chi connectivity index (χ1n) is 8.77. The maximum absolute atomic E-state index is 13.2. The van der Waals surface area contributed by atoms with E-state index in [4.69, 9.17) is 4.42 Å². The summed E-state index contributed by atoms with van der Waals surface area (Å²) in [6, 6.07) is 2.29. The largest absolute Gasteiger partial charge is 0.466 e. The van der Waals surface area contributed by atoms with Crippen molar-refractivity contribution in [2.24, 2.45) is 0 Å². The summed E-state index contributed by atoms with van der Waals surface area (Å²) >= 11 is 0. The maximum Gasteiger partial charge on any atom is 0.257 e. The van der Waals surface area contributed by atoms with Crippen molar-refractivity contribution in [1.29, 1.82) is 0 Å². The van der Waals surface area contributed by atoms with E-state index in [1.807, 2.05) is 19.9 Å². The molecule has 6 nitrogen and oxygen atoms in total. The Morgan fingerprint density at radius 1 is 1.25 bits per heavy atom. The Balaban J connectivity index is 1.68. The average Bonchev–Trinajstić information content (AvgIpc) is 3.14. The molecule has 2 aliphatic rings. The highest BCUT2D eigenvalue weighted by molar-refractivity contribution is 5.96. The van der Waals surface area contributed by atoms with Gasteiger partial charge in [0, 0.05) is 24.9 Å². The van der Waals surface area contributed by atoms with Crippen LogP contribution in [0.25, 0.3) is 0 Å². The highest BCUT2D eigenvalue weighted by Gasteiger charge is 2.42. The zero-order valence-electron chi connectivity index (χ0n) is 14.7. The maximum atomic E-state index is 13.2. The number of aromatic nitrogens is 3. The smallest absolute Gasteiger partial charge is 0.257 e. The lowest BCUT2D eigenvalue weighted by Crippen LogP contribution is -2.42. The second-order valence-electron chi connectivity index (χ2n) is 7.37. The Bertz CT molecular complexity index is 789. The fourth-order valence-electron chi connectivity index (χ4n) is 4.20. The number of furan rings is 1. The molecule has 1 saturated heterocycles. The van der Waals surface area contributed by atoms with Gasteiger partial charge in [-0.3, -0.25) is 4.79 Å². The van der Waals surface area contributed by atoms with E-state index in [2.05, 4.69) is 33.5 Å². The van der Waals surface area contributed by atoms with Crippen LogP contribution in [0, 0.1) is 13.8 Å². The molecular weight excluding hydrogens is 304 g/mol. The third-order valence-corrected chi connectivity index (χ3v) is 5.31. The summed E-state index contributed by atoms with van der Waals surface area (Å²) < 4.78 is 7.81. The lowest BCUT2D eigenvalue weighted by Gasteiger charge is -2.28. The van der Waals surface area contributed by atoms with Crippen molar-refractivity contribution in [3.05, 3.63) is 34.8 Å². The van der Waals surface area contributed by atoms with Gasteiger partial charge >= 0.3 is 0 Å². The molecule has 2 bridgehead atoms. The summed E-state index contributed by atoms with van der Waals surface area (Å²) in [4.78, 5) is 15.2. The van der Waals surface area contributed by atoms with Crippen LogP contribution in [0.5, 0.6) is 0 Å². The van der Waals surface area contributed by atoms with Gasteiger partial charge in [0.1, 0.15) is 23.2 Å². The van der Waals surface area contributed by atoms with Gasteiger partial charge in [-0.1, -0.05) is 13.8 Å². The first kappa shape index (κ1) is 15.4. The van der Waals surface area contributed by atoms with Gasteiger partial charge in [-0.25, -0.2) is 0 Å². The molecule has 6 heteroatoms. The summed E-state index contributed by atoms with van der Waals surface area (Å²) in [5.41, 5.74) is 0.700. The van der Waals surface area contributed by atoms with Crippen LogP contribution in [0.4, 0.5) is 0 Å². The molecule has 0 aliphatic carbocycles. The minimum Gasteiger partial charge on any atom is -0.466 e. The van der Waals surface area contributed by atoms with Crippen molar-refractivity contribution in [1.82, 2.24) is 19.7 Å². The second-order valence-corrected chi connectivity index (χ2v) is 7.37. The molecule has 0 spiro atoms. The molecule has 0 N–H and O–H groups in total. The van der Waals surface area contributed by atoms with Crippen molar-refractivity contribution in [2.45, 2.75) is 71.5 Å². The van der Waals surface area contributed by atoms with E-state index in [1.165, 1.54) is 0 Å². The van der Waals surface area contributed by atoms with Crippen LogP contribution in [-0.4, -0.2) is 37.7 Å². The number of carbonyl (C=O) groups is 1. The predicted molar refractivity (Wildman–Crippen MR) is 89.0 cm³/mol. The fraction of sp³-hybridized carbons (Fsp3) is 0.611. The highest BCUT2D eigenvalue weighted by atomic mass is 16.3. The second kappa shape index (κ2) is 5.46. The number of hydrogen-bond acceptors (Lipinski definition) is 4. The quantitative estimate of drug-likeness (QED) is 0.850. The lowest BCUT2D eigenvalue weighted by molar-refractivity contribution is 0.0663. The summed E-state index contributed by atoms with van der Waals surface area (Å²) in [7, 11) is 0. The van der Waals surface area contributed by atoms with Gasteiger partial charge in [-0.05, 0) is 32.8 Å². The number of hydrogen-bond donors (Lipinski definition) is 0. The van der Waals surface area contributed by atoms with Crippen LogP contribution in [0.3, 0.4) is 0 Å². The van der Waals surface area contributed by atoms with Crippen LogP contribution in [0.15, 0.2) is 10.5 Å². The summed E-state index contributed by atoms with van der Waals surface area (Å²) in [6.07, 6.45) is 2.87. The molecule has 0 radical (unpaired) electrons. The SMILES string of the molecule is Cc1cc(C(=O)N2C3CCC2Cn2c(nnc2C(C)C)C3)c(C)o1. The van der Waals surface area contributed by atoms with Crippen LogP contribution < -0.4 is 0 Å². The molecular formula is C18H24N4O2. The van der Waals surface area contributed by atoms with E-state index in [0.29, 0.717) is 17.2 Å². The molecule has 128 valence electrons. The van der Waals surface area contributed by atoms with Crippen LogP contribution in [0.2, 0.25) is 0 Å². The Hall–Kier alpha value is -2.11. The van der Waals surface area contributed by atoms with E-state index in [9.17, 15) is 4.79 Å². The molecule has 2 unspecified atom stereocenters. The molecule has 2 aromatic rings. The van der Waals surface area contributed by atoms with Gasteiger partial charge in [0.2, 0.25) is 0 Å². The number of aryl methyl sites for hydroxylation is 2. The Morgan fingerprint density at radius 2 is 2.00 bits per heavy atom. The molecule has 2 atom stereocenters. The van der Waals surface area contributed by atoms with Crippen LogP contribution >= 0.6 is 0 Å². The normalized spacial score (nSPS) is 22.8. The molecule has 0 saturated carbocycles. The summed E-state index contributed by atoms with van der Waals surface area (Å²) in [5, 5.41) is 8.78. The molecule has 2 aromatic heterocycles. The average molecular weight is 328 g/mol. The van der Waals surface area contributed by atoms with E-state index in [-0.39, 0.29) is 18.0 Å². The molecule has 2 aliphatic heterocycles. The van der Waals surface area contributed by atoms with Crippen LogP contribution in [-0.2, 0) is 13.0 Å². The van der Waals surface area contributed by atoms with Crippen molar-refractivity contribution >= 4 is 5.91 Å². The van der Waals surface area contributed by atoms with Crippen molar-refractivity contribution in [2.75, 3.05) is 0 Å². The molecule has 1 amide bonds. The zero-order valence-corrected chi connectivity index (χ0v) is 14.7. The Kier molecular flexibility index (Phi) is 3.51. The molecule has 24 heavy (non-hydrogen) atoms. The predicted octanol–water partition coefficient (Wildman–Crippen LogP) is 2.84. The monoisotopic (exact) mass is 328 g/mol. The Labute approximate surface area is 141 Å². The van der Waals surface area contributed by atoms with Gasteiger partial charge in [0.15, 0.2) is 0 Å². The van der Waals surface area contributed by atoms with Gasteiger partial charge < -0.3 is 13.9 Å². The van der Waals surface area contributed by atoms with E-state index >= 15 is 0 Å². The number of carbonyl (C=O) groups excluding carboxylic acids is 1. The van der Waals surface area contributed by atoms with Gasteiger partial charge in [-0.2, -0.15) is 0 Å². The first-order chi connectivity index (χ1) is 11.5. The van der Waals surface area contributed by atoms with E-state index in [1.54, 1.807) is 0 Å². The molecule has 4 heterocycles. The molecule has 4 rings (SSSR count). The number of rotatable bonds is 2. The van der Waals surface area contributed by atoms with Crippen molar-refractivity contribution in [3.8, 4) is 0 Å². The van der Waals surface area contributed by atoms with Crippen LogP contribution in [0.1, 0.15) is 66.1 Å². The first-order valence-corrected chi connectivity index (χ1v) is 8.77. The third kappa shape index (κ3) is 2.27. The third-order valence-electron chi connectivity index (χ3n) is 5.31. The minimum absolute atomic E-state index is 0.0988. The summed E-state index contributed by atoms with van der Waals surface area (Å²) in [6.45, 7) is 8.83. The van der Waals surface area contributed by atoms with E-state index in [0.717, 1.165) is 43.2 Å². The summed E-state index contributed by atoms with van der Waals surface area (Å²) in [5.74, 6) is 3.98. The zero-order chi connectivity index (χ0) is 17.0. The van der Waals surface area contributed by atoms with Crippen molar-refractivity contribution in [3.63, 3.8) is 0 Å². The lowest BCUT2D eigenvalue weighted by atomic mass is 10.1. The number of amides is 1. The molecule has 1 fully saturated rings. The molecule has 0 aromatic carbocycles. The number of nitrogens with zero attached hydrogens (tertiary/aromatic N) is 4.